The van der Waals surface area contributed by atoms with Crippen molar-refractivity contribution >= 4 is 61.9 Å². The van der Waals surface area contributed by atoms with Gasteiger partial charge in [0.1, 0.15) is 28.2 Å². The first-order valence-electron chi connectivity index (χ1n) is 23.1. The number of rotatable bonds is 21. The predicted molar refractivity (Wildman–Crippen MR) is 259 cm³/mol. The van der Waals surface area contributed by atoms with E-state index in [-0.39, 0.29) is 59.3 Å². The zero-order valence-corrected chi connectivity index (χ0v) is 43.6. The van der Waals surface area contributed by atoms with E-state index in [1.54, 1.807) is 13.2 Å². The molecular formula is C53H61N3NaO11S+. The second-order valence-electron chi connectivity index (χ2n) is 18.2. The van der Waals surface area contributed by atoms with Crippen LogP contribution in [0.5, 0.6) is 5.75 Å². The van der Waals surface area contributed by atoms with Crippen LogP contribution in [0.3, 0.4) is 0 Å². The third-order valence-electron chi connectivity index (χ3n) is 12.6. The van der Waals surface area contributed by atoms with E-state index in [4.69, 9.17) is 23.8 Å². The number of amides is 2. The van der Waals surface area contributed by atoms with Gasteiger partial charge in [-0.1, -0.05) is 60.7 Å². The molecule has 16 heteroatoms. The van der Waals surface area contributed by atoms with Crippen LogP contribution in [0.25, 0.3) is 16.9 Å². The van der Waals surface area contributed by atoms with Crippen LogP contribution in [0.2, 0.25) is 0 Å². The molecule has 3 aromatic carbocycles. The van der Waals surface area contributed by atoms with Gasteiger partial charge in [0, 0.05) is 85.5 Å². The van der Waals surface area contributed by atoms with Gasteiger partial charge in [0.05, 0.1) is 48.9 Å². The average Bonchev–Trinajstić information content (AvgIpc) is 3.72. The molecule has 69 heavy (non-hydrogen) atoms. The molecule has 0 aromatic heterocycles. The molecule has 1 saturated heterocycles. The van der Waals surface area contributed by atoms with Crippen LogP contribution in [-0.2, 0) is 49.0 Å². The van der Waals surface area contributed by atoms with Crippen molar-refractivity contribution < 1.29 is 85.3 Å². The Hall–Kier alpha value is -4.97. The fourth-order valence-electron chi connectivity index (χ4n) is 9.13. The van der Waals surface area contributed by atoms with E-state index in [2.05, 4.69) is 60.6 Å². The Morgan fingerprint density at radius 3 is 2.29 bits per heavy atom. The van der Waals surface area contributed by atoms with Crippen molar-refractivity contribution in [2.75, 3.05) is 58.1 Å². The number of hydroxylamine groups is 2. The monoisotopic (exact) mass is 970 g/mol. The van der Waals surface area contributed by atoms with Gasteiger partial charge in [0.2, 0.25) is 5.69 Å². The Bertz CT molecular complexity index is 2700. The van der Waals surface area contributed by atoms with Gasteiger partial charge in [-0.2, -0.15) is 4.58 Å². The predicted octanol–water partition coefficient (Wildman–Crippen LogP) is 5.45. The Morgan fingerprint density at radius 2 is 1.58 bits per heavy atom. The number of anilines is 1. The SMILES string of the molecule is COCCOCCOCCN1c2cc3c(cc2C(C)=CC1(C)C)C(=CC=CC=CC1=[N+](CCCCCC(=O)ON2C(=O)CCC2=O)c2ccc(S(=O)(=O)[O-])cc2C1(C)C)C=C(c1ccccc1)O3.[Na+]. The number of fused-ring (bicyclic) bond motifs is 3. The fraction of sp³-hybridized carbons (Fsp3) is 0.396. The number of methoxy groups -OCH3 is 1. The van der Waals surface area contributed by atoms with Gasteiger partial charge in [0.25, 0.3) is 11.8 Å². The Morgan fingerprint density at radius 1 is 0.870 bits per heavy atom. The second kappa shape index (κ2) is 23.3. The maximum Gasteiger partial charge on any atom is 1.00 e. The van der Waals surface area contributed by atoms with Crippen molar-refractivity contribution in [3.05, 3.63) is 125 Å². The molecule has 0 atom stereocenters. The van der Waals surface area contributed by atoms with Crippen LogP contribution < -0.4 is 39.2 Å². The largest absolute Gasteiger partial charge is 1.00 e. The summed E-state index contributed by atoms with van der Waals surface area (Å²) in [7, 11) is -3.04. The van der Waals surface area contributed by atoms with Crippen molar-refractivity contribution in [2.45, 2.75) is 89.0 Å². The smallest absolute Gasteiger partial charge is 0.744 e. The van der Waals surface area contributed by atoms with Gasteiger partial charge in [-0.3, -0.25) is 9.59 Å². The van der Waals surface area contributed by atoms with E-state index in [0.29, 0.717) is 76.0 Å². The maximum absolute atomic E-state index is 12.4. The number of benzene rings is 3. The minimum atomic E-state index is -4.70. The topological polar surface area (TPSA) is 164 Å². The van der Waals surface area contributed by atoms with Crippen LogP contribution in [0.15, 0.2) is 108 Å². The fourth-order valence-corrected chi connectivity index (χ4v) is 9.63. The summed E-state index contributed by atoms with van der Waals surface area (Å²) in [4.78, 5) is 43.3. The van der Waals surface area contributed by atoms with Crippen LogP contribution in [0.4, 0.5) is 11.4 Å². The summed E-state index contributed by atoms with van der Waals surface area (Å²) in [5, 5.41) is 0.560. The van der Waals surface area contributed by atoms with Crippen molar-refractivity contribution in [2.24, 2.45) is 0 Å². The molecule has 0 unspecified atom stereocenters. The summed E-state index contributed by atoms with van der Waals surface area (Å²) in [5.74, 6) is -0.211. The van der Waals surface area contributed by atoms with E-state index in [0.717, 1.165) is 50.9 Å². The average molecular weight is 971 g/mol. The van der Waals surface area contributed by atoms with Crippen molar-refractivity contribution in [3.63, 3.8) is 0 Å². The summed E-state index contributed by atoms with van der Waals surface area (Å²) >= 11 is 0. The maximum atomic E-state index is 12.4. The summed E-state index contributed by atoms with van der Waals surface area (Å²) in [6, 6.07) is 18.8. The van der Waals surface area contributed by atoms with Crippen LogP contribution >= 0.6 is 0 Å². The molecule has 0 aliphatic carbocycles. The number of allylic oxidation sites excluding steroid dienone is 8. The van der Waals surface area contributed by atoms with Gasteiger partial charge in [-0.05, 0) is 82.9 Å². The molecule has 0 N–H and O–H groups in total. The zero-order chi connectivity index (χ0) is 48.6. The summed E-state index contributed by atoms with van der Waals surface area (Å²) in [6.45, 7) is 14.4. The first-order valence-corrected chi connectivity index (χ1v) is 24.5. The molecule has 4 aliphatic heterocycles. The molecule has 360 valence electrons. The van der Waals surface area contributed by atoms with E-state index < -0.39 is 33.3 Å². The molecule has 4 aliphatic rings. The molecule has 0 spiro atoms. The molecule has 1 fully saturated rings. The number of imide groups is 1. The van der Waals surface area contributed by atoms with Crippen LogP contribution in [0.1, 0.15) is 95.4 Å². The third-order valence-corrected chi connectivity index (χ3v) is 13.4. The van der Waals surface area contributed by atoms with Crippen molar-refractivity contribution in [1.82, 2.24) is 5.06 Å². The number of ether oxygens (including phenoxy) is 4. The van der Waals surface area contributed by atoms with Gasteiger partial charge in [-0.15, -0.1) is 5.06 Å². The summed E-state index contributed by atoms with van der Waals surface area (Å²) < 4.78 is 61.8. The number of hydrogen-bond donors (Lipinski definition) is 0. The van der Waals surface area contributed by atoms with Gasteiger partial charge in [0.15, 0.2) is 5.71 Å². The van der Waals surface area contributed by atoms with Crippen molar-refractivity contribution in [1.29, 1.82) is 0 Å². The summed E-state index contributed by atoms with van der Waals surface area (Å²) in [5.41, 5.74) is 7.69. The molecule has 14 nitrogen and oxygen atoms in total. The van der Waals surface area contributed by atoms with Gasteiger partial charge in [-0.25, -0.2) is 13.2 Å². The Kier molecular flexibility index (Phi) is 18.0. The van der Waals surface area contributed by atoms with E-state index in [1.807, 2.05) is 68.5 Å². The molecule has 2 amide bonds. The Labute approximate surface area is 428 Å². The van der Waals surface area contributed by atoms with Crippen LogP contribution in [0, 0.1) is 0 Å². The van der Waals surface area contributed by atoms with E-state index in [1.165, 1.54) is 17.7 Å². The van der Waals surface area contributed by atoms with E-state index >= 15 is 0 Å². The van der Waals surface area contributed by atoms with Gasteiger partial charge < -0.3 is 33.2 Å². The molecule has 7 rings (SSSR count). The van der Waals surface area contributed by atoms with Gasteiger partial charge >= 0.3 is 35.5 Å². The number of carbonyl (C=O) groups is 3. The minimum absolute atomic E-state index is 0. The van der Waals surface area contributed by atoms with Crippen LogP contribution in [-0.4, -0.2) is 105 Å². The molecule has 0 radical (unpaired) electrons. The minimum Gasteiger partial charge on any atom is -0.744 e. The third kappa shape index (κ3) is 12.7. The number of hydrogen-bond acceptors (Lipinski definition) is 12. The summed E-state index contributed by atoms with van der Waals surface area (Å²) in [6.07, 6.45) is 16.2. The number of carbonyl (C=O) groups excluding carboxylic acids is 3. The molecule has 0 saturated carbocycles. The number of unbranched alkanes of at least 4 members (excludes halogenated alkanes) is 2. The first-order chi connectivity index (χ1) is 32.5. The number of nitrogens with zero attached hydrogens (tertiary/aromatic N) is 3. The molecule has 3 aromatic rings. The quantitative estimate of drug-likeness (QED) is 0.0332. The Balaban J connectivity index is 0.00000782. The molecular weight excluding hydrogens is 910 g/mol. The van der Waals surface area contributed by atoms with Crippen molar-refractivity contribution in [3.8, 4) is 5.75 Å². The standard InChI is InChI=1S/C53H61N3O11S.Na/c1-37-36-52(2,3)55(26-27-64-30-31-65-29-28-63-6)45-35-47-42(34-41(37)45)39(32-46(66-47)38-16-10-7-11-17-38)18-12-8-13-19-48-53(4,5)43-33-40(68(60,61)62)21-22-44(43)54(48)25-15-9-14-20-51(59)67-56-49(57)23-24-50(56)58;/h7-8,10-13,16-19,21-22,32-36H,9,14-15,20,23-31H2,1-6H3;/q;+1. The molecule has 4 heterocycles. The molecule has 0 bridgehead atoms. The normalized spacial score (nSPS) is 17.8. The van der Waals surface area contributed by atoms with E-state index in [9.17, 15) is 27.4 Å². The first kappa shape index (κ1) is 53.4. The second-order valence-corrected chi connectivity index (χ2v) is 19.6. The zero-order valence-electron chi connectivity index (χ0n) is 40.7.